The average Bonchev–Trinajstić information content (AvgIpc) is 2.34. The number of carboxylic acids is 1. The topological polar surface area (TPSA) is 110 Å². The summed E-state index contributed by atoms with van der Waals surface area (Å²) in [7, 11) is 0. The third-order valence-electron chi connectivity index (χ3n) is 2.42. The van der Waals surface area contributed by atoms with Gasteiger partial charge in [0.2, 0.25) is 0 Å². The molecule has 0 fully saturated rings. The lowest BCUT2D eigenvalue weighted by Gasteiger charge is -2.12. The lowest BCUT2D eigenvalue weighted by Crippen LogP contribution is -2.40. The Morgan fingerprint density at radius 2 is 2.16 bits per heavy atom. The molecule has 0 bridgehead atoms. The number of nitrogens with one attached hydrogen (secondary N) is 1. The third kappa shape index (κ3) is 3.65. The SMILES string of the molecule is CCC(NC(=O)c1ccc([N+](=O)[O-])cc1Cl)C(=O)O. The zero-order valence-electron chi connectivity index (χ0n) is 9.92. The summed E-state index contributed by atoms with van der Waals surface area (Å²) < 4.78 is 0. The smallest absolute Gasteiger partial charge is 0.326 e. The number of nitrogens with zero attached hydrogens (tertiary/aromatic N) is 1. The van der Waals surface area contributed by atoms with Crippen LogP contribution in [0.1, 0.15) is 23.7 Å². The Balaban J connectivity index is 2.94. The van der Waals surface area contributed by atoms with E-state index in [-0.39, 0.29) is 22.7 Å². The highest BCUT2D eigenvalue weighted by atomic mass is 35.5. The highest BCUT2D eigenvalue weighted by molar-refractivity contribution is 6.34. The molecule has 0 spiro atoms. The van der Waals surface area contributed by atoms with Crippen LogP contribution in [0.5, 0.6) is 0 Å². The van der Waals surface area contributed by atoms with Crippen LogP contribution in [0.3, 0.4) is 0 Å². The Hall–Kier alpha value is -2.15. The highest BCUT2D eigenvalue weighted by Crippen LogP contribution is 2.22. The number of nitro benzene ring substituents is 1. The van der Waals surface area contributed by atoms with Crippen molar-refractivity contribution in [2.75, 3.05) is 0 Å². The number of nitro groups is 1. The number of rotatable bonds is 5. The predicted octanol–water partition coefficient (Wildman–Crippen LogP) is 1.84. The molecule has 0 aliphatic carbocycles. The van der Waals surface area contributed by atoms with Crippen molar-refractivity contribution in [2.45, 2.75) is 19.4 Å². The molecule has 1 atom stereocenters. The zero-order chi connectivity index (χ0) is 14.6. The number of hydrogen-bond acceptors (Lipinski definition) is 4. The van der Waals surface area contributed by atoms with Crippen LogP contribution in [0.4, 0.5) is 5.69 Å². The van der Waals surface area contributed by atoms with Crippen LogP contribution in [0.2, 0.25) is 5.02 Å². The van der Waals surface area contributed by atoms with Crippen molar-refractivity contribution >= 4 is 29.2 Å². The molecule has 1 unspecified atom stereocenters. The van der Waals surface area contributed by atoms with E-state index in [2.05, 4.69) is 5.32 Å². The van der Waals surface area contributed by atoms with E-state index in [1.807, 2.05) is 0 Å². The van der Waals surface area contributed by atoms with Gasteiger partial charge in [-0.15, -0.1) is 0 Å². The van der Waals surface area contributed by atoms with E-state index in [4.69, 9.17) is 16.7 Å². The first-order chi connectivity index (χ1) is 8.86. The first-order valence-electron chi connectivity index (χ1n) is 5.34. The minimum absolute atomic E-state index is 0.00744. The number of carbonyl (C=O) groups excluding carboxylic acids is 1. The Labute approximate surface area is 113 Å². The number of benzene rings is 1. The van der Waals surface area contributed by atoms with Crippen molar-refractivity contribution in [1.82, 2.24) is 5.32 Å². The largest absolute Gasteiger partial charge is 0.480 e. The summed E-state index contributed by atoms with van der Waals surface area (Å²) in [5.41, 5.74) is -0.251. The molecule has 7 nitrogen and oxygen atoms in total. The second-order valence-corrected chi connectivity index (χ2v) is 4.10. The number of hydrogen-bond donors (Lipinski definition) is 2. The van der Waals surface area contributed by atoms with E-state index in [1.54, 1.807) is 6.92 Å². The minimum Gasteiger partial charge on any atom is -0.480 e. The Kier molecular flexibility index (Phi) is 4.82. The van der Waals surface area contributed by atoms with Gasteiger partial charge in [-0.3, -0.25) is 14.9 Å². The van der Waals surface area contributed by atoms with Crippen LogP contribution < -0.4 is 5.32 Å². The lowest BCUT2D eigenvalue weighted by molar-refractivity contribution is -0.384. The number of amides is 1. The molecule has 2 N–H and O–H groups in total. The van der Waals surface area contributed by atoms with Crippen LogP contribution in [0, 0.1) is 10.1 Å². The number of carboxylic acid groups (broad SMARTS) is 1. The van der Waals surface area contributed by atoms with E-state index in [9.17, 15) is 19.7 Å². The molecule has 0 heterocycles. The van der Waals surface area contributed by atoms with Gasteiger partial charge < -0.3 is 10.4 Å². The van der Waals surface area contributed by atoms with Gasteiger partial charge >= 0.3 is 5.97 Å². The lowest BCUT2D eigenvalue weighted by atomic mass is 10.1. The molecule has 19 heavy (non-hydrogen) atoms. The van der Waals surface area contributed by atoms with Crippen molar-refractivity contribution in [3.8, 4) is 0 Å². The van der Waals surface area contributed by atoms with E-state index in [1.165, 1.54) is 6.07 Å². The zero-order valence-corrected chi connectivity index (χ0v) is 10.7. The molecule has 0 saturated heterocycles. The molecule has 8 heteroatoms. The summed E-state index contributed by atoms with van der Waals surface area (Å²) in [6.07, 6.45) is 0.214. The quantitative estimate of drug-likeness (QED) is 0.634. The Morgan fingerprint density at radius 1 is 1.53 bits per heavy atom. The van der Waals surface area contributed by atoms with Gasteiger partial charge in [-0.2, -0.15) is 0 Å². The van der Waals surface area contributed by atoms with Gasteiger partial charge in [-0.05, 0) is 12.5 Å². The number of halogens is 1. The molecule has 1 aromatic rings. The molecule has 0 saturated carbocycles. The summed E-state index contributed by atoms with van der Waals surface area (Å²) in [6.45, 7) is 1.61. The molecule has 1 aromatic carbocycles. The van der Waals surface area contributed by atoms with Gasteiger partial charge in [-0.25, -0.2) is 4.79 Å². The Bertz CT molecular complexity index is 532. The summed E-state index contributed by atoms with van der Waals surface area (Å²) in [4.78, 5) is 32.5. The van der Waals surface area contributed by atoms with E-state index >= 15 is 0 Å². The van der Waals surface area contributed by atoms with Crippen LogP contribution in [0.15, 0.2) is 18.2 Å². The summed E-state index contributed by atoms with van der Waals surface area (Å²) in [6, 6.07) is 2.32. The summed E-state index contributed by atoms with van der Waals surface area (Å²) in [5, 5.41) is 21.5. The summed E-state index contributed by atoms with van der Waals surface area (Å²) in [5.74, 6) is -1.84. The van der Waals surface area contributed by atoms with Gasteiger partial charge in [0.15, 0.2) is 0 Å². The molecule has 102 valence electrons. The van der Waals surface area contributed by atoms with Gasteiger partial charge in [0.25, 0.3) is 11.6 Å². The normalized spacial score (nSPS) is 11.7. The first kappa shape index (κ1) is 14.9. The molecule has 0 aliphatic rings. The molecule has 0 aromatic heterocycles. The first-order valence-corrected chi connectivity index (χ1v) is 5.72. The van der Waals surface area contributed by atoms with Crippen molar-refractivity contribution in [2.24, 2.45) is 0 Å². The van der Waals surface area contributed by atoms with Crippen molar-refractivity contribution < 1.29 is 19.6 Å². The van der Waals surface area contributed by atoms with Crippen molar-refractivity contribution in [3.63, 3.8) is 0 Å². The fourth-order valence-corrected chi connectivity index (χ4v) is 1.64. The van der Waals surface area contributed by atoms with Crippen LogP contribution >= 0.6 is 11.6 Å². The van der Waals surface area contributed by atoms with Gasteiger partial charge in [-0.1, -0.05) is 18.5 Å². The number of aliphatic carboxylic acids is 1. The van der Waals surface area contributed by atoms with E-state index in [0.29, 0.717) is 0 Å². The fraction of sp³-hybridized carbons (Fsp3) is 0.273. The molecule has 0 radical (unpaired) electrons. The van der Waals surface area contributed by atoms with Crippen LogP contribution in [0.25, 0.3) is 0 Å². The molecule has 0 aliphatic heterocycles. The minimum atomic E-state index is -1.16. The van der Waals surface area contributed by atoms with E-state index in [0.717, 1.165) is 12.1 Å². The number of non-ortho nitro benzene ring substituents is 1. The van der Waals surface area contributed by atoms with Crippen LogP contribution in [-0.2, 0) is 4.79 Å². The monoisotopic (exact) mass is 286 g/mol. The van der Waals surface area contributed by atoms with Gasteiger partial charge in [0.1, 0.15) is 6.04 Å². The van der Waals surface area contributed by atoms with E-state index < -0.39 is 22.8 Å². The van der Waals surface area contributed by atoms with Gasteiger partial charge in [0, 0.05) is 12.1 Å². The van der Waals surface area contributed by atoms with Crippen LogP contribution in [-0.4, -0.2) is 27.9 Å². The number of carbonyl (C=O) groups is 2. The molecule has 1 amide bonds. The third-order valence-corrected chi connectivity index (χ3v) is 2.73. The van der Waals surface area contributed by atoms with Crippen molar-refractivity contribution in [3.05, 3.63) is 38.9 Å². The van der Waals surface area contributed by atoms with Crippen molar-refractivity contribution in [1.29, 1.82) is 0 Å². The van der Waals surface area contributed by atoms with Gasteiger partial charge in [0.05, 0.1) is 15.5 Å². The standard InChI is InChI=1S/C11H11ClN2O5/c1-2-9(11(16)17)13-10(15)7-4-3-6(14(18)19)5-8(7)12/h3-5,9H,2H2,1H3,(H,13,15)(H,16,17). The fourth-order valence-electron chi connectivity index (χ4n) is 1.38. The highest BCUT2D eigenvalue weighted by Gasteiger charge is 2.21. The molecular weight excluding hydrogens is 276 g/mol. The maximum Gasteiger partial charge on any atom is 0.326 e. The molecular formula is C11H11ClN2O5. The molecule has 1 rings (SSSR count). The maximum atomic E-state index is 11.8. The second kappa shape index (κ2) is 6.14. The predicted molar refractivity (Wildman–Crippen MR) is 67.3 cm³/mol. The summed E-state index contributed by atoms with van der Waals surface area (Å²) >= 11 is 5.76. The Morgan fingerprint density at radius 3 is 2.58 bits per heavy atom. The second-order valence-electron chi connectivity index (χ2n) is 3.69. The maximum absolute atomic E-state index is 11.8. The average molecular weight is 287 g/mol.